The van der Waals surface area contributed by atoms with Crippen LogP contribution in [0.2, 0.25) is 0 Å². The first kappa shape index (κ1) is 20.9. The fourth-order valence-corrected chi connectivity index (χ4v) is 2.73. The van der Waals surface area contributed by atoms with Gasteiger partial charge in [-0.15, -0.1) is 0 Å². The summed E-state index contributed by atoms with van der Waals surface area (Å²) in [5, 5.41) is 12.9. The van der Waals surface area contributed by atoms with Gasteiger partial charge < -0.3 is 31.3 Å². The molecule has 0 saturated heterocycles. The summed E-state index contributed by atoms with van der Waals surface area (Å²) < 4.78 is 25.0. The zero-order chi connectivity index (χ0) is 20.7. The molecule has 1 amide bonds. The molecular formula is C20H23FN4O3. The molecule has 0 aromatic heterocycles. The normalized spacial score (nSPS) is 12.2. The van der Waals surface area contributed by atoms with Gasteiger partial charge in [-0.2, -0.15) is 0 Å². The van der Waals surface area contributed by atoms with E-state index >= 15 is 0 Å². The Balaban J connectivity index is 2.35. The Kier molecular flexibility index (Phi) is 7.11. The summed E-state index contributed by atoms with van der Waals surface area (Å²) in [6.07, 6.45) is 2.18. The topological polar surface area (TPSA) is 109 Å². The number of carbonyl (C=O) groups is 1. The van der Waals surface area contributed by atoms with Gasteiger partial charge in [-0.1, -0.05) is 12.1 Å². The van der Waals surface area contributed by atoms with E-state index in [-0.39, 0.29) is 17.0 Å². The molecule has 0 aliphatic rings. The summed E-state index contributed by atoms with van der Waals surface area (Å²) in [5.41, 5.74) is 6.70. The largest absolute Gasteiger partial charge is 0.497 e. The van der Waals surface area contributed by atoms with Crippen LogP contribution in [-0.2, 0) is 4.79 Å². The molecule has 7 nitrogen and oxygen atoms in total. The van der Waals surface area contributed by atoms with E-state index in [1.807, 2.05) is 0 Å². The molecule has 0 saturated carbocycles. The average Bonchev–Trinajstić information content (AvgIpc) is 2.71. The minimum Gasteiger partial charge on any atom is -0.497 e. The molecule has 0 bridgehead atoms. The molecule has 2 rings (SSSR count). The molecule has 28 heavy (non-hydrogen) atoms. The van der Waals surface area contributed by atoms with Gasteiger partial charge in [-0.25, -0.2) is 4.39 Å². The number of amides is 1. The van der Waals surface area contributed by atoms with E-state index in [0.717, 1.165) is 12.3 Å². The molecule has 0 spiro atoms. The average molecular weight is 386 g/mol. The van der Waals surface area contributed by atoms with Gasteiger partial charge >= 0.3 is 0 Å². The van der Waals surface area contributed by atoms with Crippen LogP contribution in [0.3, 0.4) is 0 Å². The number of rotatable bonds is 8. The van der Waals surface area contributed by atoms with Crippen LogP contribution in [0.25, 0.3) is 5.57 Å². The third-order valence-electron chi connectivity index (χ3n) is 4.17. The molecule has 1 unspecified atom stereocenters. The van der Waals surface area contributed by atoms with Crippen molar-refractivity contribution >= 4 is 23.4 Å². The first-order valence-corrected chi connectivity index (χ1v) is 8.41. The molecule has 8 heteroatoms. The monoisotopic (exact) mass is 386 g/mol. The fourth-order valence-electron chi connectivity index (χ4n) is 2.73. The molecular weight excluding hydrogens is 363 g/mol. The molecule has 1 atom stereocenters. The van der Waals surface area contributed by atoms with Crippen LogP contribution >= 0.6 is 0 Å². The van der Waals surface area contributed by atoms with Gasteiger partial charge in [0.05, 0.1) is 19.9 Å². The van der Waals surface area contributed by atoms with Crippen LogP contribution in [0.1, 0.15) is 17.2 Å². The van der Waals surface area contributed by atoms with Crippen LogP contribution in [0.4, 0.5) is 10.1 Å². The number of hydrogen-bond acceptors (Lipinski definition) is 6. The zero-order valence-electron chi connectivity index (χ0n) is 15.9. The Hall–Kier alpha value is -3.39. The summed E-state index contributed by atoms with van der Waals surface area (Å²) in [6.45, 7) is 0. The van der Waals surface area contributed by atoms with Crippen molar-refractivity contribution in [1.82, 2.24) is 5.32 Å². The first-order chi connectivity index (χ1) is 13.5. The molecule has 2 aromatic carbocycles. The number of ether oxygens (including phenoxy) is 2. The van der Waals surface area contributed by atoms with Crippen molar-refractivity contribution < 1.29 is 18.7 Å². The molecule has 0 radical (unpaired) electrons. The van der Waals surface area contributed by atoms with Gasteiger partial charge in [0.1, 0.15) is 23.4 Å². The second-order valence-corrected chi connectivity index (χ2v) is 5.79. The van der Waals surface area contributed by atoms with E-state index in [1.165, 1.54) is 26.5 Å². The summed E-state index contributed by atoms with van der Waals surface area (Å²) in [7, 11) is 4.58. The maximum atomic E-state index is 14.6. The second-order valence-electron chi connectivity index (χ2n) is 5.79. The van der Waals surface area contributed by atoms with Crippen LogP contribution in [0.15, 0.2) is 42.6 Å². The summed E-state index contributed by atoms with van der Waals surface area (Å²) >= 11 is 0. The summed E-state index contributed by atoms with van der Waals surface area (Å²) in [6, 6.07) is 8.83. The van der Waals surface area contributed by atoms with Gasteiger partial charge in [0.15, 0.2) is 0 Å². The fraction of sp³-hybridized carbons (Fsp3) is 0.200. The van der Waals surface area contributed by atoms with Gasteiger partial charge in [0.25, 0.3) is 0 Å². The minimum absolute atomic E-state index is 0.0462. The van der Waals surface area contributed by atoms with Crippen LogP contribution in [0.5, 0.6) is 11.5 Å². The number of allylic oxidation sites excluding steroid dienone is 1. The van der Waals surface area contributed by atoms with E-state index in [9.17, 15) is 9.18 Å². The highest BCUT2D eigenvalue weighted by molar-refractivity contribution is 6.09. The van der Waals surface area contributed by atoms with Crippen molar-refractivity contribution in [3.63, 3.8) is 0 Å². The standard InChI is InChI=1S/C20H23FN4O3/c1-24-19(12-5-4-6-14(7-12)27-2)20(26)25-17-9-18(28-3)15(8-16(17)21)13(10-22)11-23/h4-11,19,22,24H,23H2,1-3H3,(H,25,26)/b13-11+,22-10?. The number of nitrogens with one attached hydrogen (secondary N) is 3. The molecule has 0 fully saturated rings. The second kappa shape index (κ2) is 9.52. The predicted octanol–water partition coefficient (Wildman–Crippen LogP) is 2.69. The van der Waals surface area contributed by atoms with E-state index in [2.05, 4.69) is 10.6 Å². The number of nitrogens with two attached hydrogens (primary N) is 1. The van der Waals surface area contributed by atoms with Gasteiger partial charge in [-0.3, -0.25) is 4.79 Å². The van der Waals surface area contributed by atoms with Gasteiger partial charge in [-0.05, 0) is 30.8 Å². The Labute approximate surface area is 162 Å². The Morgan fingerprint density at radius 2 is 2.00 bits per heavy atom. The quantitative estimate of drug-likeness (QED) is 0.522. The van der Waals surface area contributed by atoms with E-state index < -0.39 is 17.8 Å². The lowest BCUT2D eigenvalue weighted by Crippen LogP contribution is -2.31. The lowest BCUT2D eigenvalue weighted by atomic mass is 10.0. The van der Waals surface area contributed by atoms with Crippen molar-refractivity contribution in [2.45, 2.75) is 6.04 Å². The Morgan fingerprint density at radius 3 is 2.57 bits per heavy atom. The van der Waals surface area contributed by atoms with Crippen LogP contribution in [-0.4, -0.2) is 33.4 Å². The zero-order valence-corrected chi connectivity index (χ0v) is 15.9. The Morgan fingerprint density at radius 1 is 1.25 bits per heavy atom. The Bertz CT molecular complexity index is 899. The van der Waals surface area contributed by atoms with Crippen molar-refractivity contribution in [3.05, 3.63) is 59.5 Å². The number of carbonyl (C=O) groups excluding carboxylic acids is 1. The predicted molar refractivity (Wildman–Crippen MR) is 107 cm³/mol. The number of anilines is 1. The molecule has 0 heterocycles. The minimum atomic E-state index is -0.721. The third-order valence-corrected chi connectivity index (χ3v) is 4.17. The number of hydrogen-bond donors (Lipinski definition) is 4. The van der Waals surface area contributed by atoms with Crippen molar-refractivity contribution in [2.24, 2.45) is 5.73 Å². The van der Waals surface area contributed by atoms with Crippen LogP contribution in [0, 0.1) is 11.2 Å². The lowest BCUT2D eigenvalue weighted by molar-refractivity contribution is -0.118. The first-order valence-electron chi connectivity index (χ1n) is 8.41. The smallest absolute Gasteiger partial charge is 0.246 e. The summed E-state index contributed by atoms with van der Waals surface area (Å²) in [5.74, 6) is -0.244. The van der Waals surface area contributed by atoms with Gasteiger partial charge in [0, 0.05) is 29.6 Å². The third kappa shape index (κ3) is 4.47. The van der Waals surface area contributed by atoms with Crippen molar-refractivity contribution in [3.8, 4) is 11.5 Å². The van der Waals surface area contributed by atoms with Gasteiger partial charge in [0.2, 0.25) is 5.91 Å². The van der Waals surface area contributed by atoms with Crippen molar-refractivity contribution in [1.29, 1.82) is 5.41 Å². The highest BCUT2D eigenvalue weighted by Crippen LogP contribution is 2.31. The highest BCUT2D eigenvalue weighted by Gasteiger charge is 2.22. The maximum absolute atomic E-state index is 14.6. The number of halogens is 1. The number of methoxy groups -OCH3 is 2. The summed E-state index contributed by atoms with van der Waals surface area (Å²) in [4.78, 5) is 12.7. The lowest BCUT2D eigenvalue weighted by Gasteiger charge is -2.18. The molecule has 0 aliphatic carbocycles. The van der Waals surface area contributed by atoms with E-state index in [4.69, 9.17) is 20.6 Å². The maximum Gasteiger partial charge on any atom is 0.246 e. The van der Waals surface area contributed by atoms with Crippen molar-refractivity contribution in [2.75, 3.05) is 26.6 Å². The van der Waals surface area contributed by atoms with E-state index in [0.29, 0.717) is 16.9 Å². The number of benzene rings is 2. The molecule has 5 N–H and O–H groups in total. The molecule has 2 aromatic rings. The highest BCUT2D eigenvalue weighted by atomic mass is 19.1. The van der Waals surface area contributed by atoms with E-state index in [1.54, 1.807) is 31.3 Å². The number of likely N-dealkylation sites (N-methyl/N-ethyl adjacent to an activating group) is 1. The van der Waals surface area contributed by atoms with Crippen LogP contribution < -0.4 is 25.8 Å². The molecule has 148 valence electrons. The SMILES string of the molecule is CNC(C(=O)Nc1cc(OC)c(/C(C=N)=C/N)cc1F)c1cccc(OC)c1. The molecule has 0 aliphatic heterocycles.